The number of nitrogens with zero attached hydrogens (tertiary/aromatic N) is 4. The van der Waals surface area contributed by atoms with E-state index in [0.29, 0.717) is 15.5 Å². The lowest BCUT2D eigenvalue weighted by atomic mass is 10.1. The average Bonchev–Trinajstić information content (AvgIpc) is 3.34. The van der Waals surface area contributed by atoms with Gasteiger partial charge in [0.2, 0.25) is 4.96 Å². The number of fused-ring (bicyclic) bond motifs is 2. The zero-order chi connectivity index (χ0) is 20.7. The Morgan fingerprint density at radius 1 is 1.17 bits per heavy atom. The predicted octanol–water partition coefficient (Wildman–Crippen LogP) is 3.88. The molecule has 1 aliphatic rings. The van der Waals surface area contributed by atoms with Gasteiger partial charge >= 0.3 is 0 Å². The number of ether oxygens (including phenoxy) is 1. The molecule has 0 fully saturated rings. The molecule has 0 unspecified atom stereocenters. The Bertz CT molecular complexity index is 1400. The second kappa shape index (κ2) is 7.23. The van der Waals surface area contributed by atoms with Crippen molar-refractivity contribution >= 4 is 45.7 Å². The van der Waals surface area contributed by atoms with Crippen molar-refractivity contribution in [3.63, 3.8) is 0 Å². The van der Waals surface area contributed by atoms with Crippen LogP contribution >= 0.6 is 11.3 Å². The molecular formula is C22H17N5O2S. The number of rotatable bonds is 4. The number of anilines is 1. The van der Waals surface area contributed by atoms with Gasteiger partial charge in [0.1, 0.15) is 18.2 Å². The standard InChI is InChI=1S/C22H17N5O2S/c1-13-6-2-5-9-18(13)29-12-19-26-27-20(23)16(21(28)25-22(27)30-19)10-14-11-24-17-8-4-3-7-15(14)17/h2-11H,12,23H2,1H3/b14-10-. The second-order valence-corrected chi connectivity index (χ2v) is 7.88. The quantitative estimate of drug-likeness (QED) is 0.546. The Morgan fingerprint density at radius 3 is 2.83 bits per heavy atom. The molecule has 2 aromatic carbocycles. The molecule has 0 atom stereocenters. The van der Waals surface area contributed by atoms with Crippen molar-refractivity contribution in [3.8, 4) is 5.75 Å². The van der Waals surface area contributed by atoms with Crippen LogP contribution in [0.4, 0.5) is 11.5 Å². The largest absolute Gasteiger partial charge is 0.486 e. The van der Waals surface area contributed by atoms with Gasteiger partial charge in [0.15, 0.2) is 5.01 Å². The summed E-state index contributed by atoms with van der Waals surface area (Å²) in [6, 6.07) is 15.5. The van der Waals surface area contributed by atoms with Gasteiger partial charge in [-0.1, -0.05) is 47.7 Å². The maximum Gasteiger partial charge on any atom is 0.283 e. The zero-order valence-corrected chi connectivity index (χ0v) is 16.9. The fourth-order valence-corrected chi connectivity index (χ4v) is 4.09. The summed E-state index contributed by atoms with van der Waals surface area (Å²) in [5.41, 5.74) is 9.87. The van der Waals surface area contributed by atoms with E-state index in [9.17, 15) is 4.79 Å². The summed E-state index contributed by atoms with van der Waals surface area (Å²) >= 11 is 1.28. The first kappa shape index (κ1) is 18.3. The third kappa shape index (κ3) is 3.17. The summed E-state index contributed by atoms with van der Waals surface area (Å²) < 4.78 is 7.35. The van der Waals surface area contributed by atoms with Gasteiger partial charge in [0, 0.05) is 17.4 Å². The molecule has 8 heteroatoms. The third-order valence-electron chi connectivity index (χ3n) is 4.84. The first-order valence-corrected chi connectivity index (χ1v) is 10.1. The van der Waals surface area contributed by atoms with E-state index in [0.717, 1.165) is 28.1 Å². The molecule has 148 valence electrons. The van der Waals surface area contributed by atoms with Crippen LogP contribution in [0, 0.1) is 6.92 Å². The van der Waals surface area contributed by atoms with Crippen molar-refractivity contribution in [2.24, 2.45) is 4.99 Å². The summed E-state index contributed by atoms with van der Waals surface area (Å²) in [5, 5.41) is 5.17. The molecule has 7 nitrogen and oxygen atoms in total. The molecule has 0 spiro atoms. The lowest BCUT2D eigenvalue weighted by Crippen LogP contribution is -2.16. The molecule has 5 rings (SSSR count). The molecule has 0 saturated carbocycles. The number of aliphatic imine (C=N–C) groups is 1. The number of benzene rings is 2. The van der Waals surface area contributed by atoms with Crippen LogP contribution < -0.4 is 16.0 Å². The van der Waals surface area contributed by atoms with Crippen LogP contribution in [-0.2, 0) is 6.61 Å². The minimum absolute atomic E-state index is 0.244. The molecular weight excluding hydrogens is 398 g/mol. The second-order valence-electron chi connectivity index (χ2n) is 6.84. The van der Waals surface area contributed by atoms with Crippen molar-refractivity contribution in [3.05, 3.63) is 80.6 Å². The van der Waals surface area contributed by atoms with Crippen molar-refractivity contribution in [2.45, 2.75) is 13.5 Å². The highest BCUT2D eigenvalue weighted by atomic mass is 32.1. The van der Waals surface area contributed by atoms with Gasteiger partial charge in [-0.15, -0.1) is 0 Å². The van der Waals surface area contributed by atoms with E-state index < -0.39 is 5.56 Å². The van der Waals surface area contributed by atoms with Crippen LogP contribution in [-0.4, -0.2) is 20.8 Å². The van der Waals surface area contributed by atoms with Gasteiger partial charge in [0.05, 0.1) is 11.3 Å². The van der Waals surface area contributed by atoms with E-state index in [1.807, 2.05) is 55.5 Å². The summed E-state index contributed by atoms with van der Waals surface area (Å²) in [4.78, 5) is 21.6. The van der Waals surface area contributed by atoms with E-state index in [1.54, 1.807) is 12.3 Å². The summed E-state index contributed by atoms with van der Waals surface area (Å²) in [5.74, 6) is 1.03. The number of hydrogen-bond acceptors (Lipinski definition) is 7. The van der Waals surface area contributed by atoms with Gasteiger partial charge in [-0.2, -0.15) is 14.6 Å². The number of para-hydroxylation sites is 2. The number of nitrogens with two attached hydrogens (primary N) is 1. The van der Waals surface area contributed by atoms with Crippen molar-refractivity contribution in [2.75, 3.05) is 5.73 Å². The highest BCUT2D eigenvalue weighted by Crippen LogP contribution is 2.32. The molecule has 0 radical (unpaired) electrons. The first-order chi connectivity index (χ1) is 14.6. The Morgan fingerprint density at radius 2 is 1.97 bits per heavy atom. The monoisotopic (exact) mass is 415 g/mol. The third-order valence-corrected chi connectivity index (χ3v) is 5.72. The van der Waals surface area contributed by atoms with E-state index in [4.69, 9.17) is 10.5 Å². The summed E-state index contributed by atoms with van der Waals surface area (Å²) in [6.45, 7) is 2.25. The van der Waals surface area contributed by atoms with Gasteiger partial charge in [-0.05, 0) is 30.7 Å². The highest BCUT2D eigenvalue weighted by Gasteiger charge is 2.17. The topological polar surface area (TPSA) is 94.9 Å². The normalized spacial score (nSPS) is 13.8. The fourth-order valence-electron chi connectivity index (χ4n) is 3.28. The van der Waals surface area contributed by atoms with Crippen molar-refractivity contribution in [1.29, 1.82) is 0 Å². The Kier molecular flexibility index (Phi) is 4.40. The Labute approximate surface area is 175 Å². The smallest absolute Gasteiger partial charge is 0.283 e. The molecule has 0 aliphatic carbocycles. The SMILES string of the molecule is Cc1ccccc1OCc1nn2c(N)c(/C=C3/C=Nc4ccccc43)c(=O)nc2s1. The van der Waals surface area contributed by atoms with E-state index in [-0.39, 0.29) is 12.4 Å². The molecule has 2 aromatic heterocycles. The van der Waals surface area contributed by atoms with Gasteiger partial charge in [-0.25, -0.2) is 0 Å². The highest BCUT2D eigenvalue weighted by molar-refractivity contribution is 7.16. The van der Waals surface area contributed by atoms with Crippen LogP contribution in [0.5, 0.6) is 5.75 Å². The maximum absolute atomic E-state index is 12.6. The maximum atomic E-state index is 12.6. The van der Waals surface area contributed by atoms with Crippen LogP contribution in [0.1, 0.15) is 21.7 Å². The molecule has 0 bridgehead atoms. The minimum atomic E-state index is -0.396. The van der Waals surface area contributed by atoms with Gasteiger partial charge in [0.25, 0.3) is 5.56 Å². The molecule has 0 amide bonds. The van der Waals surface area contributed by atoms with E-state index in [2.05, 4.69) is 15.1 Å². The first-order valence-electron chi connectivity index (χ1n) is 9.32. The van der Waals surface area contributed by atoms with Crippen molar-refractivity contribution in [1.82, 2.24) is 14.6 Å². The summed E-state index contributed by atoms with van der Waals surface area (Å²) in [7, 11) is 0. The Balaban J connectivity index is 1.50. The van der Waals surface area contributed by atoms with Gasteiger partial charge in [-0.3, -0.25) is 9.79 Å². The fraction of sp³-hybridized carbons (Fsp3) is 0.0909. The number of hydrogen-bond donors (Lipinski definition) is 1. The number of nitrogen functional groups attached to an aromatic ring is 1. The van der Waals surface area contributed by atoms with E-state index in [1.165, 1.54) is 15.9 Å². The molecule has 2 N–H and O–H groups in total. The average molecular weight is 415 g/mol. The number of aryl methyl sites for hydroxylation is 1. The summed E-state index contributed by atoms with van der Waals surface area (Å²) in [6.07, 6.45) is 3.44. The lowest BCUT2D eigenvalue weighted by molar-refractivity contribution is 0.302. The Hall–Kier alpha value is -3.78. The molecule has 3 heterocycles. The number of allylic oxidation sites excluding steroid dienone is 1. The zero-order valence-electron chi connectivity index (χ0n) is 16.1. The van der Waals surface area contributed by atoms with Crippen LogP contribution in [0.15, 0.2) is 58.3 Å². The van der Waals surface area contributed by atoms with Crippen LogP contribution in [0.2, 0.25) is 0 Å². The molecule has 4 aromatic rings. The molecule has 0 saturated heterocycles. The molecule has 1 aliphatic heterocycles. The van der Waals surface area contributed by atoms with Crippen LogP contribution in [0.3, 0.4) is 0 Å². The molecule has 30 heavy (non-hydrogen) atoms. The minimum Gasteiger partial charge on any atom is -0.486 e. The lowest BCUT2D eigenvalue weighted by Gasteiger charge is -2.06. The predicted molar refractivity (Wildman–Crippen MR) is 120 cm³/mol. The van der Waals surface area contributed by atoms with Gasteiger partial charge < -0.3 is 10.5 Å². The van der Waals surface area contributed by atoms with Crippen LogP contribution in [0.25, 0.3) is 16.6 Å². The number of aromatic nitrogens is 3. The van der Waals surface area contributed by atoms with E-state index >= 15 is 0 Å². The van der Waals surface area contributed by atoms with Crippen molar-refractivity contribution < 1.29 is 4.74 Å².